The second kappa shape index (κ2) is 11.1. The summed E-state index contributed by atoms with van der Waals surface area (Å²) in [5, 5.41) is 2.52. The number of fused-ring (bicyclic) bond motifs is 3. The first-order valence-corrected chi connectivity index (χ1v) is 15.0. The summed E-state index contributed by atoms with van der Waals surface area (Å²) in [6, 6.07) is 62.8. The van der Waals surface area contributed by atoms with Gasteiger partial charge in [0.15, 0.2) is 0 Å². The van der Waals surface area contributed by atoms with E-state index in [4.69, 9.17) is 0 Å². The Morgan fingerprint density at radius 1 is 0.295 bits per heavy atom. The largest absolute Gasteiger partial charge is 0.354 e. The van der Waals surface area contributed by atoms with Gasteiger partial charge in [0, 0.05) is 38.9 Å². The minimum Gasteiger partial charge on any atom is -0.354 e. The molecule has 1 heterocycles. The monoisotopic (exact) mass is 562 g/mol. The highest BCUT2D eigenvalue weighted by atomic mass is 15.1. The summed E-state index contributed by atoms with van der Waals surface area (Å²) in [6.07, 6.45) is 0. The van der Waals surface area contributed by atoms with E-state index in [0.29, 0.717) is 0 Å². The van der Waals surface area contributed by atoms with Crippen molar-refractivity contribution in [2.45, 2.75) is 0 Å². The van der Waals surface area contributed by atoms with E-state index in [1.165, 1.54) is 49.7 Å². The first kappa shape index (κ1) is 25.8. The van der Waals surface area contributed by atoms with Crippen molar-refractivity contribution in [3.05, 3.63) is 176 Å². The van der Waals surface area contributed by atoms with Crippen molar-refractivity contribution in [3.8, 4) is 33.4 Å². The number of H-pyrrole nitrogens is 1. The van der Waals surface area contributed by atoms with Gasteiger partial charge in [0.05, 0.1) is 0 Å². The smallest absolute Gasteiger partial charge is 0.0471 e. The standard InChI is InChI=1S/C42H30N2/c1-3-11-30(12-4-1)33-13-9-17-37(27-33)44(36-15-5-2-6-16-36)38-18-10-14-34(28-38)31-21-23-32(24-22-31)35-25-26-40-39-19-7-8-20-41(39)43-42(40)29-35/h1-29,43H. The van der Waals surface area contributed by atoms with Gasteiger partial charge < -0.3 is 9.88 Å². The molecule has 0 spiro atoms. The maximum Gasteiger partial charge on any atom is 0.0471 e. The zero-order chi connectivity index (χ0) is 29.3. The van der Waals surface area contributed by atoms with Crippen molar-refractivity contribution in [1.82, 2.24) is 4.98 Å². The minimum atomic E-state index is 1.12. The molecule has 0 aliphatic carbocycles. The molecule has 0 saturated carbocycles. The Balaban J connectivity index is 1.14. The zero-order valence-electron chi connectivity index (χ0n) is 24.2. The summed E-state index contributed by atoms with van der Waals surface area (Å²) >= 11 is 0. The van der Waals surface area contributed by atoms with Gasteiger partial charge in [-0.25, -0.2) is 0 Å². The van der Waals surface area contributed by atoms with E-state index in [0.717, 1.165) is 22.6 Å². The highest BCUT2D eigenvalue weighted by Crippen LogP contribution is 2.38. The van der Waals surface area contributed by atoms with E-state index in [-0.39, 0.29) is 0 Å². The van der Waals surface area contributed by atoms with Crippen LogP contribution in [0.25, 0.3) is 55.2 Å². The molecule has 0 radical (unpaired) electrons. The van der Waals surface area contributed by atoms with Crippen molar-refractivity contribution >= 4 is 38.9 Å². The molecule has 0 atom stereocenters. The van der Waals surface area contributed by atoms with Gasteiger partial charge in [0.25, 0.3) is 0 Å². The number of nitrogens with one attached hydrogen (secondary N) is 1. The van der Waals surface area contributed by atoms with Crippen LogP contribution in [0.15, 0.2) is 176 Å². The summed E-state index contributed by atoms with van der Waals surface area (Å²) in [5.74, 6) is 0. The Morgan fingerprint density at radius 2 is 0.750 bits per heavy atom. The molecule has 44 heavy (non-hydrogen) atoms. The topological polar surface area (TPSA) is 19.0 Å². The highest BCUT2D eigenvalue weighted by Gasteiger charge is 2.14. The summed E-state index contributed by atoms with van der Waals surface area (Å²) in [7, 11) is 0. The van der Waals surface area contributed by atoms with Gasteiger partial charge >= 0.3 is 0 Å². The number of aromatic amines is 1. The summed E-state index contributed by atoms with van der Waals surface area (Å²) < 4.78 is 0. The Hall–Kier alpha value is -5.86. The van der Waals surface area contributed by atoms with E-state index in [1.807, 2.05) is 0 Å². The number of aromatic nitrogens is 1. The molecule has 208 valence electrons. The van der Waals surface area contributed by atoms with Crippen LogP contribution < -0.4 is 4.90 Å². The van der Waals surface area contributed by atoms with Crippen LogP contribution in [0.1, 0.15) is 0 Å². The van der Waals surface area contributed by atoms with E-state index in [1.54, 1.807) is 0 Å². The lowest BCUT2D eigenvalue weighted by molar-refractivity contribution is 1.28. The molecule has 0 aliphatic heterocycles. The Morgan fingerprint density at radius 3 is 1.41 bits per heavy atom. The minimum absolute atomic E-state index is 1.12. The molecule has 1 aromatic heterocycles. The number of nitrogens with zero attached hydrogens (tertiary/aromatic N) is 1. The fourth-order valence-corrected chi connectivity index (χ4v) is 6.19. The second-order valence-corrected chi connectivity index (χ2v) is 11.1. The lowest BCUT2D eigenvalue weighted by Gasteiger charge is -2.26. The van der Waals surface area contributed by atoms with Gasteiger partial charge in [0.1, 0.15) is 0 Å². The molecule has 0 unspecified atom stereocenters. The van der Waals surface area contributed by atoms with Crippen LogP contribution in [0.4, 0.5) is 17.1 Å². The number of benzene rings is 7. The number of rotatable bonds is 6. The third-order valence-electron chi connectivity index (χ3n) is 8.39. The summed E-state index contributed by atoms with van der Waals surface area (Å²) in [5.41, 5.74) is 12.9. The highest BCUT2D eigenvalue weighted by molar-refractivity contribution is 6.08. The molecule has 0 fully saturated rings. The molecular weight excluding hydrogens is 532 g/mol. The van der Waals surface area contributed by atoms with Crippen LogP contribution in [-0.2, 0) is 0 Å². The van der Waals surface area contributed by atoms with Crippen LogP contribution in [0.2, 0.25) is 0 Å². The fourth-order valence-electron chi connectivity index (χ4n) is 6.19. The molecule has 2 heteroatoms. The predicted molar refractivity (Wildman–Crippen MR) is 187 cm³/mol. The SMILES string of the molecule is c1ccc(-c2cccc(N(c3ccccc3)c3cccc(-c4ccc(-c5ccc6c(c5)[nH]c5ccccc56)cc4)c3)c2)cc1. The fraction of sp³-hybridized carbons (Fsp3) is 0. The average molecular weight is 563 g/mol. The molecular formula is C42H30N2. The van der Waals surface area contributed by atoms with Gasteiger partial charge in [0.2, 0.25) is 0 Å². The second-order valence-electron chi connectivity index (χ2n) is 11.1. The van der Waals surface area contributed by atoms with Crippen LogP contribution in [0.3, 0.4) is 0 Å². The van der Waals surface area contributed by atoms with Crippen molar-refractivity contribution < 1.29 is 0 Å². The summed E-state index contributed by atoms with van der Waals surface area (Å²) in [6.45, 7) is 0. The quantitative estimate of drug-likeness (QED) is 0.214. The Labute approximate surface area is 257 Å². The van der Waals surface area contributed by atoms with Gasteiger partial charge in [-0.2, -0.15) is 0 Å². The first-order valence-electron chi connectivity index (χ1n) is 15.0. The Bertz CT molecular complexity index is 2210. The van der Waals surface area contributed by atoms with E-state index < -0.39 is 0 Å². The van der Waals surface area contributed by atoms with Gasteiger partial charge in [-0.3, -0.25) is 0 Å². The molecule has 0 aliphatic rings. The zero-order valence-corrected chi connectivity index (χ0v) is 24.2. The Kier molecular flexibility index (Phi) is 6.51. The van der Waals surface area contributed by atoms with E-state index >= 15 is 0 Å². The van der Waals surface area contributed by atoms with Crippen molar-refractivity contribution in [1.29, 1.82) is 0 Å². The van der Waals surface area contributed by atoms with Gasteiger partial charge in [-0.15, -0.1) is 0 Å². The maximum absolute atomic E-state index is 3.58. The third-order valence-corrected chi connectivity index (χ3v) is 8.39. The summed E-state index contributed by atoms with van der Waals surface area (Å²) in [4.78, 5) is 5.91. The number of anilines is 3. The number of para-hydroxylation sites is 2. The van der Waals surface area contributed by atoms with Gasteiger partial charge in [-0.05, 0) is 81.9 Å². The van der Waals surface area contributed by atoms with Crippen molar-refractivity contribution in [2.75, 3.05) is 4.90 Å². The van der Waals surface area contributed by atoms with Crippen LogP contribution in [0.5, 0.6) is 0 Å². The lowest BCUT2D eigenvalue weighted by atomic mass is 9.99. The van der Waals surface area contributed by atoms with Crippen LogP contribution in [0, 0.1) is 0 Å². The predicted octanol–water partition coefficient (Wildman–Crippen LogP) is 11.8. The van der Waals surface area contributed by atoms with Crippen molar-refractivity contribution in [3.63, 3.8) is 0 Å². The number of hydrogen-bond donors (Lipinski definition) is 1. The molecule has 0 bridgehead atoms. The van der Waals surface area contributed by atoms with Crippen molar-refractivity contribution in [2.24, 2.45) is 0 Å². The molecule has 8 rings (SSSR count). The normalized spacial score (nSPS) is 11.2. The molecule has 1 N–H and O–H groups in total. The third kappa shape index (κ3) is 4.83. The molecule has 0 amide bonds. The maximum atomic E-state index is 3.58. The number of hydrogen-bond acceptors (Lipinski definition) is 1. The average Bonchev–Trinajstić information content (AvgIpc) is 3.48. The molecule has 2 nitrogen and oxygen atoms in total. The molecule has 7 aromatic carbocycles. The van der Waals surface area contributed by atoms with Crippen LogP contribution >= 0.6 is 0 Å². The molecule has 0 saturated heterocycles. The van der Waals surface area contributed by atoms with Crippen LogP contribution in [-0.4, -0.2) is 4.98 Å². The van der Waals surface area contributed by atoms with Gasteiger partial charge in [-0.1, -0.05) is 127 Å². The lowest BCUT2D eigenvalue weighted by Crippen LogP contribution is -2.10. The first-order chi connectivity index (χ1) is 21.8. The molecule has 8 aromatic rings. The van der Waals surface area contributed by atoms with E-state index in [9.17, 15) is 0 Å². The van der Waals surface area contributed by atoms with E-state index in [2.05, 4.69) is 186 Å².